The van der Waals surface area contributed by atoms with Crippen LogP contribution in [0.4, 0.5) is 0 Å². The highest BCUT2D eigenvalue weighted by molar-refractivity contribution is 7.47. The van der Waals surface area contributed by atoms with Crippen molar-refractivity contribution in [2.75, 3.05) is 39.6 Å². The van der Waals surface area contributed by atoms with Crippen molar-refractivity contribution in [1.29, 1.82) is 0 Å². The molecule has 2 unspecified atom stereocenters. The van der Waals surface area contributed by atoms with Gasteiger partial charge in [-0.25, -0.2) is 9.13 Å². The summed E-state index contributed by atoms with van der Waals surface area (Å²) in [6.07, 6.45) is 50.0. The monoisotopic (exact) mass is 1370 g/mol. The number of hydrogen-bond acceptors (Lipinski definition) is 15. The van der Waals surface area contributed by atoms with E-state index in [9.17, 15) is 43.2 Å². The molecule has 0 amide bonds. The number of phosphoric acid groups is 2. The van der Waals surface area contributed by atoms with Gasteiger partial charge in [-0.15, -0.1) is 0 Å². The molecule has 5 atom stereocenters. The van der Waals surface area contributed by atoms with Crippen LogP contribution < -0.4 is 0 Å². The van der Waals surface area contributed by atoms with E-state index in [1.54, 1.807) is 0 Å². The Kier molecular flexibility index (Phi) is 63.4. The maximum Gasteiger partial charge on any atom is 0.472 e. The van der Waals surface area contributed by atoms with Crippen LogP contribution in [0, 0.1) is 17.8 Å². The molecular weight excluding hydrogens is 1220 g/mol. The number of unbranched alkanes of at least 4 members (excludes halogenated alkanes) is 40. The van der Waals surface area contributed by atoms with Crippen molar-refractivity contribution in [3.05, 3.63) is 0 Å². The molecule has 93 heavy (non-hydrogen) atoms. The number of phosphoric ester groups is 2. The second-order valence-electron chi connectivity index (χ2n) is 28.1. The van der Waals surface area contributed by atoms with Gasteiger partial charge in [-0.05, 0) is 43.4 Å². The molecular formula is C74H144O17P2. The lowest BCUT2D eigenvalue weighted by Gasteiger charge is -2.21. The first-order valence-corrected chi connectivity index (χ1v) is 41.3. The summed E-state index contributed by atoms with van der Waals surface area (Å²) in [4.78, 5) is 72.6. The van der Waals surface area contributed by atoms with Crippen molar-refractivity contribution in [2.24, 2.45) is 17.8 Å². The zero-order valence-corrected chi connectivity index (χ0v) is 62.5. The van der Waals surface area contributed by atoms with E-state index in [0.29, 0.717) is 25.7 Å². The lowest BCUT2D eigenvalue weighted by molar-refractivity contribution is -0.161. The van der Waals surface area contributed by atoms with E-state index in [2.05, 4.69) is 48.5 Å². The fraction of sp³-hybridized carbons (Fsp3) is 0.946. The van der Waals surface area contributed by atoms with Crippen molar-refractivity contribution >= 4 is 39.5 Å². The predicted octanol–water partition coefficient (Wildman–Crippen LogP) is 21.4. The molecule has 0 heterocycles. The Hall–Kier alpha value is -1.94. The van der Waals surface area contributed by atoms with Gasteiger partial charge in [-0.1, -0.05) is 325 Å². The standard InChI is InChI=1S/C74H144O17P2/c1-8-9-10-11-31-41-48-55-71(76)84-61-69(90-74(79)58-51-44-37-30-24-18-21-27-34-40-47-54-67(6)7)63-88-92(80,81)86-59-68(75)60-87-93(82,83)89-64-70(91-73(78)57-50-43-36-29-23-17-13-15-20-26-33-39-46-53-66(4)5)62-85-72(77)56-49-42-35-28-22-16-12-14-19-25-32-38-45-52-65(2)3/h65-70,75H,8-64H2,1-7H3,(H,80,81)(H,82,83)/t68-,69+,70+/m0/s1. The van der Waals surface area contributed by atoms with Crippen molar-refractivity contribution < 1.29 is 80.2 Å². The minimum atomic E-state index is -4.96. The Labute approximate surface area is 568 Å². The second-order valence-corrected chi connectivity index (χ2v) is 31.0. The van der Waals surface area contributed by atoms with E-state index in [-0.39, 0.29) is 25.7 Å². The van der Waals surface area contributed by atoms with Gasteiger partial charge in [-0.3, -0.25) is 37.3 Å². The molecule has 552 valence electrons. The summed E-state index contributed by atoms with van der Waals surface area (Å²) in [5.41, 5.74) is 0. The third kappa shape index (κ3) is 68.4. The van der Waals surface area contributed by atoms with Gasteiger partial charge < -0.3 is 33.8 Å². The summed E-state index contributed by atoms with van der Waals surface area (Å²) < 4.78 is 68.4. The number of carbonyl (C=O) groups excluding carboxylic acids is 4. The number of carbonyl (C=O) groups is 4. The number of ether oxygens (including phenoxy) is 4. The smallest absolute Gasteiger partial charge is 0.462 e. The average Bonchev–Trinajstić information content (AvgIpc) is 2.01. The Morgan fingerprint density at radius 3 is 0.731 bits per heavy atom. The molecule has 0 saturated carbocycles. The fourth-order valence-corrected chi connectivity index (χ4v) is 12.8. The van der Waals surface area contributed by atoms with Crippen molar-refractivity contribution in [2.45, 2.75) is 394 Å². The van der Waals surface area contributed by atoms with Gasteiger partial charge in [0.1, 0.15) is 19.3 Å². The Morgan fingerprint density at radius 1 is 0.290 bits per heavy atom. The first-order valence-electron chi connectivity index (χ1n) is 38.3. The number of aliphatic hydroxyl groups excluding tert-OH is 1. The van der Waals surface area contributed by atoms with Crippen LogP contribution in [-0.2, 0) is 65.4 Å². The molecule has 0 radical (unpaired) electrons. The van der Waals surface area contributed by atoms with Crippen LogP contribution >= 0.6 is 15.6 Å². The minimum Gasteiger partial charge on any atom is -0.462 e. The highest BCUT2D eigenvalue weighted by Gasteiger charge is 2.30. The number of esters is 4. The Balaban J connectivity index is 5.21. The number of rotatable bonds is 72. The van der Waals surface area contributed by atoms with Gasteiger partial charge in [0.15, 0.2) is 12.2 Å². The van der Waals surface area contributed by atoms with Crippen LogP contribution in [0.2, 0.25) is 0 Å². The molecule has 0 aliphatic carbocycles. The van der Waals surface area contributed by atoms with Gasteiger partial charge in [-0.2, -0.15) is 0 Å². The Morgan fingerprint density at radius 2 is 0.495 bits per heavy atom. The summed E-state index contributed by atoms with van der Waals surface area (Å²) >= 11 is 0. The molecule has 0 aromatic heterocycles. The van der Waals surface area contributed by atoms with E-state index in [0.717, 1.165) is 120 Å². The third-order valence-corrected chi connectivity index (χ3v) is 19.0. The maximum atomic E-state index is 13.1. The summed E-state index contributed by atoms with van der Waals surface area (Å²) in [6, 6.07) is 0. The number of hydrogen-bond donors (Lipinski definition) is 3. The van der Waals surface area contributed by atoms with Crippen molar-refractivity contribution in [1.82, 2.24) is 0 Å². The quantitative estimate of drug-likeness (QED) is 0.0222. The summed E-state index contributed by atoms with van der Waals surface area (Å²) in [5, 5.41) is 10.6. The largest absolute Gasteiger partial charge is 0.472 e. The van der Waals surface area contributed by atoms with E-state index >= 15 is 0 Å². The molecule has 0 fully saturated rings. The highest BCUT2D eigenvalue weighted by Crippen LogP contribution is 2.45. The normalized spacial score (nSPS) is 14.1. The van der Waals surface area contributed by atoms with Crippen molar-refractivity contribution in [3.8, 4) is 0 Å². The highest BCUT2D eigenvalue weighted by atomic mass is 31.2. The van der Waals surface area contributed by atoms with Gasteiger partial charge in [0.25, 0.3) is 0 Å². The molecule has 0 rings (SSSR count). The molecule has 0 saturated heterocycles. The average molecular weight is 1370 g/mol. The molecule has 0 aliphatic rings. The van der Waals surface area contributed by atoms with Crippen LogP contribution in [0.3, 0.4) is 0 Å². The minimum absolute atomic E-state index is 0.106. The third-order valence-electron chi connectivity index (χ3n) is 17.1. The molecule has 17 nitrogen and oxygen atoms in total. The molecule has 0 aliphatic heterocycles. The van der Waals surface area contributed by atoms with E-state index in [1.165, 1.54) is 173 Å². The fourth-order valence-electron chi connectivity index (χ4n) is 11.2. The summed E-state index contributed by atoms with van der Waals surface area (Å²) in [6.45, 7) is 11.9. The van der Waals surface area contributed by atoms with E-state index < -0.39 is 97.5 Å². The maximum absolute atomic E-state index is 13.1. The Bertz CT molecular complexity index is 1820. The molecule has 0 aromatic carbocycles. The van der Waals surface area contributed by atoms with Gasteiger partial charge in [0.05, 0.1) is 26.4 Å². The first kappa shape index (κ1) is 91.1. The summed E-state index contributed by atoms with van der Waals surface area (Å²) in [7, 11) is -9.90. The van der Waals surface area contributed by atoms with Crippen LogP contribution in [0.1, 0.15) is 376 Å². The van der Waals surface area contributed by atoms with Gasteiger partial charge in [0, 0.05) is 25.7 Å². The predicted molar refractivity (Wildman–Crippen MR) is 377 cm³/mol. The van der Waals surface area contributed by atoms with Crippen molar-refractivity contribution in [3.63, 3.8) is 0 Å². The topological polar surface area (TPSA) is 237 Å². The van der Waals surface area contributed by atoms with Gasteiger partial charge >= 0.3 is 39.5 Å². The zero-order chi connectivity index (χ0) is 68.7. The SMILES string of the molecule is CCCCCCCCCC(=O)OC[C@H](COP(=O)(O)OC[C@H](O)COP(=O)(O)OC[C@@H](COC(=O)CCCCCCCCCCCCCCCC(C)C)OC(=O)CCCCCCCCCCCCCCCC(C)C)OC(=O)CCCCCCCCCCCCCC(C)C. The lowest BCUT2D eigenvalue weighted by Crippen LogP contribution is -2.30. The van der Waals surface area contributed by atoms with Crippen LogP contribution in [-0.4, -0.2) is 96.7 Å². The molecule has 3 N–H and O–H groups in total. The van der Waals surface area contributed by atoms with Crippen LogP contribution in [0.25, 0.3) is 0 Å². The molecule has 0 aromatic rings. The van der Waals surface area contributed by atoms with Crippen LogP contribution in [0.15, 0.2) is 0 Å². The van der Waals surface area contributed by atoms with E-state index in [4.69, 9.17) is 37.0 Å². The first-order chi connectivity index (χ1) is 44.7. The summed E-state index contributed by atoms with van der Waals surface area (Å²) in [5.74, 6) is 0.219. The zero-order valence-electron chi connectivity index (χ0n) is 60.7. The molecule has 0 spiro atoms. The number of aliphatic hydroxyl groups is 1. The molecule has 19 heteroatoms. The van der Waals surface area contributed by atoms with Crippen LogP contribution in [0.5, 0.6) is 0 Å². The van der Waals surface area contributed by atoms with Gasteiger partial charge in [0.2, 0.25) is 0 Å². The van der Waals surface area contributed by atoms with E-state index in [1.807, 2.05) is 0 Å². The lowest BCUT2D eigenvalue weighted by atomic mass is 10.0. The second kappa shape index (κ2) is 64.7. The molecule has 0 bridgehead atoms.